The van der Waals surface area contributed by atoms with E-state index in [0.29, 0.717) is 11.1 Å². The molecule has 0 atom stereocenters. The van der Waals surface area contributed by atoms with Crippen LogP contribution in [0.2, 0.25) is 0 Å². The Hall–Kier alpha value is -2.48. The van der Waals surface area contributed by atoms with Crippen molar-refractivity contribution in [2.45, 2.75) is 104 Å². The van der Waals surface area contributed by atoms with Gasteiger partial charge in [-0.2, -0.15) is 0 Å². The summed E-state index contributed by atoms with van der Waals surface area (Å²) in [5.74, 6) is -0.252. The van der Waals surface area contributed by atoms with Crippen molar-refractivity contribution >= 4 is 11.6 Å². The van der Waals surface area contributed by atoms with Crippen LogP contribution in [0.4, 0.5) is 0 Å². The Labute approximate surface area is 207 Å². The number of unbranched alkanes of at least 4 members (excludes halogenated alkanes) is 10. The van der Waals surface area contributed by atoms with E-state index in [9.17, 15) is 9.59 Å². The largest absolute Gasteiger partial charge is 0.289 e. The van der Waals surface area contributed by atoms with E-state index in [4.69, 9.17) is 0 Å². The molecule has 2 aromatic carbocycles. The number of rotatable bonds is 18. The predicted octanol–water partition coefficient (Wildman–Crippen LogP) is 9.11. The van der Waals surface area contributed by atoms with Gasteiger partial charge in [0, 0.05) is 11.1 Å². The van der Waals surface area contributed by atoms with Gasteiger partial charge < -0.3 is 0 Å². The maximum Gasteiger partial charge on any atom is 0.185 e. The van der Waals surface area contributed by atoms with Crippen LogP contribution in [0.1, 0.15) is 123 Å². The first kappa shape index (κ1) is 27.8. The number of hydrogen-bond acceptors (Lipinski definition) is 2. The second-order valence-electron chi connectivity index (χ2n) is 9.49. The molecule has 0 bridgehead atoms. The maximum absolute atomic E-state index is 12.5. The molecule has 0 fully saturated rings. The van der Waals surface area contributed by atoms with Crippen molar-refractivity contribution in [3.63, 3.8) is 0 Å². The molecule has 184 valence electrons. The third kappa shape index (κ3) is 11.1. The summed E-state index contributed by atoms with van der Waals surface area (Å²) < 4.78 is 0. The van der Waals surface area contributed by atoms with Crippen LogP contribution in [0.5, 0.6) is 0 Å². The van der Waals surface area contributed by atoms with E-state index in [2.05, 4.69) is 13.8 Å². The second-order valence-corrected chi connectivity index (χ2v) is 9.49. The van der Waals surface area contributed by atoms with Gasteiger partial charge in [-0.05, 0) is 49.0 Å². The minimum Gasteiger partial charge on any atom is -0.289 e. The lowest BCUT2D eigenvalue weighted by Crippen LogP contribution is -1.99. The molecular formula is C32H44O2. The van der Waals surface area contributed by atoms with Gasteiger partial charge in [-0.25, -0.2) is 0 Å². The molecule has 0 amide bonds. The molecule has 0 heterocycles. The van der Waals surface area contributed by atoms with Crippen LogP contribution in [0, 0.1) is 0 Å². The molecule has 2 rings (SSSR count). The van der Waals surface area contributed by atoms with Crippen LogP contribution in [0.3, 0.4) is 0 Å². The van der Waals surface area contributed by atoms with Crippen molar-refractivity contribution < 1.29 is 9.59 Å². The lowest BCUT2D eigenvalue weighted by Gasteiger charge is -2.04. The first-order valence-electron chi connectivity index (χ1n) is 13.6. The van der Waals surface area contributed by atoms with Crippen molar-refractivity contribution in [2.24, 2.45) is 0 Å². The number of benzene rings is 2. The highest BCUT2D eigenvalue weighted by Gasteiger charge is 2.06. The van der Waals surface area contributed by atoms with Crippen LogP contribution in [0.15, 0.2) is 60.7 Å². The molecule has 2 heteroatoms. The van der Waals surface area contributed by atoms with Crippen molar-refractivity contribution in [2.75, 3.05) is 0 Å². The molecule has 0 N–H and O–H groups in total. The minimum atomic E-state index is -0.126. The number of ketones is 2. The monoisotopic (exact) mass is 460 g/mol. The molecule has 0 unspecified atom stereocenters. The van der Waals surface area contributed by atoms with Gasteiger partial charge in [0.25, 0.3) is 0 Å². The summed E-state index contributed by atoms with van der Waals surface area (Å²) >= 11 is 0. The fourth-order valence-electron chi connectivity index (χ4n) is 4.23. The highest BCUT2D eigenvalue weighted by atomic mass is 16.1. The van der Waals surface area contributed by atoms with Crippen LogP contribution in [0.25, 0.3) is 0 Å². The zero-order valence-corrected chi connectivity index (χ0v) is 21.5. The highest BCUT2D eigenvalue weighted by Crippen LogP contribution is 2.14. The van der Waals surface area contributed by atoms with E-state index < -0.39 is 0 Å². The molecule has 34 heavy (non-hydrogen) atoms. The van der Waals surface area contributed by atoms with E-state index in [1.165, 1.54) is 100 Å². The topological polar surface area (TPSA) is 34.1 Å². The Bertz CT molecular complexity index is 785. The van der Waals surface area contributed by atoms with E-state index in [-0.39, 0.29) is 11.6 Å². The molecule has 0 radical (unpaired) electrons. The Morgan fingerprint density at radius 3 is 1.18 bits per heavy atom. The Kier molecular flexibility index (Phi) is 13.9. The molecule has 0 spiro atoms. The average molecular weight is 461 g/mol. The summed E-state index contributed by atoms with van der Waals surface area (Å²) in [4.78, 5) is 25.0. The van der Waals surface area contributed by atoms with Crippen LogP contribution in [-0.4, -0.2) is 11.6 Å². The van der Waals surface area contributed by atoms with Gasteiger partial charge in [-0.1, -0.05) is 127 Å². The average Bonchev–Trinajstić information content (AvgIpc) is 2.87. The number of allylic oxidation sites excluding steroid dienone is 2. The van der Waals surface area contributed by atoms with Gasteiger partial charge in [0.05, 0.1) is 0 Å². The zero-order chi connectivity index (χ0) is 24.4. The number of hydrogen-bond donors (Lipinski definition) is 0. The number of carbonyl (C=O) groups is 2. The van der Waals surface area contributed by atoms with Crippen molar-refractivity contribution in [1.82, 2.24) is 0 Å². The summed E-state index contributed by atoms with van der Waals surface area (Å²) in [7, 11) is 0. The molecule has 2 nitrogen and oxygen atoms in total. The van der Waals surface area contributed by atoms with Crippen LogP contribution < -0.4 is 0 Å². The van der Waals surface area contributed by atoms with Gasteiger partial charge in [-0.3, -0.25) is 9.59 Å². The smallest absolute Gasteiger partial charge is 0.185 e. The van der Waals surface area contributed by atoms with E-state index in [0.717, 1.165) is 12.8 Å². The van der Waals surface area contributed by atoms with E-state index >= 15 is 0 Å². The van der Waals surface area contributed by atoms with E-state index in [1.54, 1.807) is 0 Å². The predicted molar refractivity (Wildman–Crippen MR) is 145 cm³/mol. The molecule has 2 aromatic rings. The first-order valence-corrected chi connectivity index (χ1v) is 13.6. The third-order valence-corrected chi connectivity index (χ3v) is 6.50. The van der Waals surface area contributed by atoms with Crippen molar-refractivity contribution in [3.05, 3.63) is 82.9 Å². The van der Waals surface area contributed by atoms with Gasteiger partial charge in [0.2, 0.25) is 0 Å². The Balaban J connectivity index is 1.74. The summed E-state index contributed by atoms with van der Waals surface area (Å²) in [5.41, 5.74) is 3.80. The normalized spacial score (nSPS) is 11.2. The molecule has 0 aromatic heterocycles. The lowest BCUT2D eigenvalue weighted by molar-refractivity contribution is 0.102. The fourth-order valence-corrected chi connectivity index (χ4v) is 4.23. The van der Waals surface area contributed by atoms with Crippen LogP contribution >= 0.6 is 0 Å². The van der Waals surface area contributed by atoms with Crippen molar-refractivity contribution in [3.8, 4) is 0 Å². The fraction of sp³-hybridized carbons (Fsp3) is 0.500. The molecule has 0 saturated heterocycles. The maximum atomic E-state index is 12.5. The van der Waals surface area contributed by atoms with Gasteiger partial charge in [-0.15, -0.1) is 0 Å². The molecule has 0 aliphatic carbocycles. The Morgan fingerprint density at radius 2 is 0.824 bits per heavy atom. The van der Waals surface area contributed by atoms with Gasteiger partial charge >= 0.3 is 0 Å². The molecule has 0 aliphatic heterocycles. The molecule has 0 saturated carbocycles. The number of aryl methyl sites for hydroxylation is 2. The molecule has 0 aliphatic rings. The first-order chi connectivity index (χ1) is 16.6. The second kappa shape index (κ2) is 17.0. The summed E-state index contributed by atoms with van der Waals surface area (Å²) in [6.07, 6.45) is 20.4. The summed E-state index contributed by atoms with van der Waals surface area (Å²) in [6.45, 7) is 4.48. The summed E-state index contributed by atoms with van der Waals surface area (Å²) in [5, 5.41) is 0. The van der Waals surface area contributed by atoms with Gasteiger partial charge in [0.15, 0.2) is 11.6 Å². The van der Waals surface area contributed by atoms with Crippen molar-refractivity contribution in [1.29, 1.82) is 0 Å². The SMILES string of the molecule is CCCCCCCCc1ccc(C(=O)C=CC(=O)c2ccc(CCCCCCCC)cc2)cc1. The number of carbonyl (C=O) groups excluding carboxylic acids is 2. The van der Waals surface area contributed by atoms with Gasteiger partial charge in [0.1, 0.15) is 0 Å². The minimum absolute atomic E-state index is 0.126. The highest BCUT2D eigenvalue weighted by molar-refractivity contribution is 6.11. The standard InChI is InChI=1S/C32H44O2/c1-3-5-7-9-11-13-15-27-17-21-29(22-18-27)31(33)25-26-32(34)30-23-19-28(20-24-30)16-14-12-10-8-6-4-2/h17-26H,3-16H2,1-2H3. The lowest BCUT2D eigenvalue weighted by atomic mass is 10.0. The Morgan fingerprint density at radius 1 is 0.500 bits per heavy atom. The third-order valence-electron chi connectivity index (χ3n) is 6.50. The quantitative estimate of drug-likeness (QED) is 0.126. The molecular weight excluding hydrogens is 416 g/mol. The van der Waals surface area contributed by atoms with Crippen LogP contribution in [-0.2, 0) is 12.8 Å². The summed E-state index contributed by atoms with van der Waals surface area (Å²) in [6, 6.07) is 15.7. The zero-order valence-electron chi connectivity index (χ0n) is 21.5. The van der Waals surface area contributed by atoms with E-state index in [1.807, 2.05) is 48.5 Å².